The van der Waals surface area contributed by atoms with Gasteiger partial charge in [0.05, 0.1) is 5.60 Å². The van der Waals surface area contributed by atoms with Gasteiger partial charge < -0.3 is 10.1 Å². The Labute approximate surface area is 89.9 Å². The van der Waals surface area contributed by atoms with Gasteiger partial charge in [0.1, 0.15) is 0 Å². The second kappa shape index (κ2) is 3.38. The summed E-state index contributed by atoms with van der Waals surface area (Å²) in [6, 6.07) is 8.35. The van der Waals surface area contributed by atoms with Gasteiger partial charge in [0.25, 0.3) is 0 Å². The molecule has 2 rings (SSSR count). The first-order valence-corrected chi connectivity index (χ1v) is 5.25. The normalized spacial score (nSPS) is 12.3. The van der Waals surface area contributed by atoms with Crippen molar-refractivity contribution >= 4 is 10.9 Å². The second-order valence-electron chi connectivity index (χ2n) is 4.82. The molecule has 0 unspecified atom stereocenters. The third kappa shape index (κ3) is 2.21. The molecule has 0 amide bonds. The summed E-state index contributed by atoms with van der Waals surface area (Å²) < 4.78 is 0. The zero-order chi connectivity index (χ0) is 11.1. The molecule has 0 saturated carbocycles. The molecule has 2 N–H and O–H groups in total. The largest absolute Gasteiger partial charge is 0.390 e. The molecule has 0 saturated heterocycles. The van der Waals surface area contributed by atoms with Gasteiger partial charge in [-0.05, 0) is 37.8 Å². The average Bonchev–Trinajstić information content (AvgIpc) is 2.45. The minimum Gasteiger partial charge on any atom is -0.390 e. The fourth-order valence-corrected chi connectivity index (χ4v) is 1.93. The Bertz CT molecular complexity index is 477. The first-order valence-electron chi connectivity index (χ1n) is 5.25. The quantitative estimate of drug-likeness (QED) is 0.773. The topological polar surface area (TPSA) is 36.0 Å². The maximum Gasteiger partial charge on any atom is 0.0646 e. The van der Waals surface area contributed by atoms with Crippen LogP contribution in [0.25, 0.3) is 10.9 Å². The Morgan fingerprint density at radius 3 is 2.67 bits per heavy atom. The molecular formula is C13H17NO. The van der Waals surface area contributed by atoms with E-state index in [1.54, 1.807) is 0 Å². The predicted molar refractivity (Wildman–Crippen MR) is 63.0 cm³/mol. The summed E-state index contributed by atoms with van der Waals surface area (Å²) in [5.74, 6) is 0. The summed E-state index contributed by atoms with van der Waals surface area (Å²) in [4.78, 5) is 3.36. The van der Waals surface area contributed by atoms with Gasteiger partial charge in [-0.3, -0.25) is 0 Å². The van der Waals surface area contributed by atoms with Gasteiger partial charge in [0.15, 0.2) is 0 Å². The molecule has 0 atom stereocenters. The monoisotopic (exact) mass is 203 g/mol. The van der Waals surface area contributed by atoms with Crippen molar-refractivity contribution in [1.29, 1.82) is 0 Å². The minimum absolute atomic E-state index is 0.654. The van der Waals surface area contributed by atoms with Crippen molar-refractivity contribution in [3.8, 4) is 0 Å². The lowest BCUT2D eigenvalue weighted by Gasteiger charge is -2.15. The summed E-state index contributed by atoms with van der Waals surface area (Å²) in [6.07, 6.45) is 0.654. The molecule has 80 valence electrons. The highest BCUT2D eigenvalue weighted by atomic mass is 16.3. The number of rotatable bonds is 2. The van der Waals surface area contributed by atoms with Crippen LogP contribution >= 0.6 is 0 Å². The van der Waals surface area contributed by atoms with E-state index in [9.17, 15) is 5.11 Å². The van der Waals surface area contributed by atoms with Gasteiger partial charge in [-0.15, -0.1) is 0 Å². The fraction of sp³-hybridized carbons (Fsp3) is 0.385. The van der Waals surface area contributed by atoms with Gasteiger partial charge in [-0.25, -0.2) is 0 Å². The predicted octanol–water partition coefficient (Wildman–Crippen LogP) is 2.79. The minimum atomic E-state index is -0.658. The molecule has 0 radical (unpaired) electrons. The molecule has 2 aromatic rings. The first kappa shape index (κ1) is 10.2. The number of aliphatic hydroxyl groups is 1. The summed E-state index contributed by atoms with van der Waals surface area (Å²) >= 11 is 0. The zero-order valence-electron chi connectivity index (χ0n) is 9.46. The molecule has 0 aliphatic carbocycles. The zero-order valence-corrected chi connectivity index (χ0v) is 9.46. The van der Waals surface area contributed by atoms with Crippen molar-refractivity contribution in [1.82, 2.24) is 4.98 Å². The number of nitrogens with one attached hydrogen (secondary N) is 1. The fourth-order valence-electron chi connectivity index (χ4n) is 1.93. The highest BCUT2D eigenvalue weighted by Crippen LogP contribution is 2.21. The lowest BCUT2D eigenvalue weighted by molar-refractivity contribution is 0.0801. The van der Waals surface area contributed by atoms with Gasteiger partial charge >= 0.3 is 0 Å². The number of benzene rings is 1. The summed E-state index contributed by atoms with van der Waals surface area (Å²) in [5, 5.41) is 11.0. The third-order valence-corrected chi connectivity index (χ3v) is 2.54. The van der Waals surface area contributed by atoms with Gasteiger partial charge in [-0.1, -0.05) is 18.2 Å². The van der Waals surface area contributed by atoms with E-state index in [1.165, 1.54) is 16.5 Å². The molecular weight excluding hydrogens is 186 g/mol. The van der Waals surface area contributed by atoms with Gasteiger partial charge in [-0.2, -0.15) is 0 Å². The smallest absolute Gasteiger partial charge is 0.0646 e. The number of aromatic amines is 1. The van der Waals surface area contributed by atoms with Crippen LogP contribution in [-0.4, -0.2) is 15.7 Å². The number of H-pyrrole nitrogens is 1. The highest BCUT2D eigenvalue weighted by Gasteiger charge is 2.15. The van der Waals surface area contributed by atoms with Crippen molar-refractivity contribution in [2.75, 3.05) is 0 Å². The van der Waals surface area contributed by atoms with Crippen LogP contribution in [0.15, 0.2) is 24.3 Å². The summed E-state index contributed by atoms with van der Waals surface area (Å²) in [5.41, 5.74) is 2.85. The molecule has 2 nitrogen and oxygen atoms in total. The van der Waals surface area contributed by atoms with Crippen LogP contribution in [0.3, 0.4) is 0 Å². The van der Waals surface area contributed by atoms with Crippen LogP contribution in [0.5, 0.6) is 0 Å². The van der Waals surface area contributed by atoms with E-state index >= 15 is 0 Å². The van der Waals surface area contributed by atoms with E-state index in [0.717, 1.165) is 5.69 Å². The molecule has 15 heavy (non-hydrogen) atoms. The Morgan fingerprint density at radius 2 is 2.07 bits per heavy atom. The average molecular weight is 203 g/mol. The second-order valence-corrected chi connectivity index (χ2v) is 4.82. The third-order valence-electron chi connectivity index (χ3n) is 2.54. The number of hydrogen-bond donors (Lipinski definition) is 2. The molecule has 1 aromatic carbocycles. The standard InChI is InChI=1S/C13H17NO/c1-9-5-4-6-10-7-11(14-12(9)10)8-13(2,3)15/h4-7,14-15H,8H2,1-3H3. The number of para-hydroxylation sites is 1. The van der Waals surface area contributed by atoms with E-state index in [1.807, 2.05) is 13.8 Å². The molecule has 0 fully saturated rings. The Morgan fingerprint density at radius 1 is 1.33 bits per heavy atom. The lowest BCUT2D eigenvalue weighted by atomic mass is 10.0. The number of aromatic nitrogens is 1. The highest BCUT2D eigenvalue weighted by molar-refractivity contribution is 5.83. The van der Waals surface area contributed by atoms with E-state index in [2.05, 4.69) is 36.2 Å². The maximum absolute atomic E-state index is 9.75. The Hall–Kier alpha value is -1.28. The van der Waals surface area contributed by atoms with Crippen molar-refractivity contribution in [3.63, 3.8) is 0 Å². The van der Waals surface area contributed by atoms with Crippen molar-refractivity contribution in [2.45, 2.75) is 32.8 Å². The van der Waals surface area contributed by atoms with E-state index in [4.69, 9.17) is 0 Å². The van der Waals surface area contributed by atoms with Crippen molar-refractivity contribution in [3.05, 3.63) is 35.5 Å². The number of hydrogen-bond acceptors (Lipinski definition) is 1. The van der Waals surface area contributed by atoms with Crippen molar-refractivity contribution in [2.24, 2.45) is 0 Å². The molecule has 1 aromatic heterocycles. The van der Waals surface area contributed by atoms with Crippen LogP contribution in [0.4, 0.5) is 0 Å². The first-order chi connectivity index (χ1) is 6.96. The Kier molecular flexibility index (Phi) is 2.31. The SMILES string of the molecule is Cc1cccc2cc(CC(C)(C)O)[nH]c12. The number of aryl methyl sites for hydroxylation is 1. The van der Waals surface area contributed by atoms with Gasteiger partial charge in [0.2, 0.25) is 0 Å². The van der Waals surface area contributed by atoms with Crippen molar-refractivity contribution < 1.29 is 5.11 Å². The van der Waals surface area contributed by atoms with Gasteiger partial charge in [0, 0.05) is 17.6 Å². The molecule has 0 aliphatic heterocycles. The van der Waals surface area contributed by atoms with Crippen LogP contribution in [0.1, 0.15) is 25.1 Å². The van der Waals surface area contributed by atoms with Crippen LogP contribution in [-0.2, 0) is 6.42 Å². The molecule has 2 heteroatoms. The summed E-state index contributed by atoms with van der Waals surface area (Å²) in [7, 11) is 0. The van der Waals surface area contributed by atoms with E-state index in [-0.39, 0.29) is 0 Å². The molecule has 0 bridgehead atoms. The summed E-state index contributed by atoms with van der Waals surface area (Å²) in [6.45, 7) is 5.74. The van der Waals surface area contributed by atoms with E-state index in [0.29, 0.717) is 6.42 Å². The molecule has 0 aliphatic rings. The van der Waals surface area contributed by atoms with Crippen LogP contribution < -0.4 is 0 Å². The van der Waals surface area contributed by atoms with Crippen LogP contribution in [0, 0.1) is 6.92 Å². The maximum atomic E-state index is 9.75. The molecule has 1 heterocycles. The lowest BCUT2D eigenvalue weighted by Crippen LogP contribution is -2.21. The Balaban J connectivity index is 2.44. The van der Waals surface area contributed by atoms with E-state index < -0.39 is 5.60 Å². The molecule has 0 spiro atoms. The van der Waals surface area contributed by atoms with Crippen LogP contribution in [0.2, 0.25) is 0 Å². The number of fused-ring (bicyclic) bond motifs is 1.